The van der Waals surface area contributed by atoms with Crippen LogP contribution in [0.25, 0.3) is 0 Å². The molecular formula is C46H60B2N4Si4. The quantitative estimate of drug-likeness (QED) is 0.231. The second-order valence-electron chi connectivity index (χ2n) is 21.4. The first kappa shape index (κ1) is 37.9. The van der Waals surface area contributed by atoms with Crippen LogP contribution in [0.1, 0.15) is 0 Å². The molecule has 4 nitrogen and oxygen atoms in total. The number of fused-ring (bicyclic) bond motifs is 10. The summed E-state index contributed by atoms with van der Waals surface area (Å²) in [6.07, 6.45) is 0. The van der Waals surface area contributed by atoms with E-state index in [4.69, 9.17) is 0 Å². The molecule has 286 valence electrons. The van der Waals surface area contributed by atoms with Crippen LogP contribution in [-0.4, -0.2) is 73.9 Å². The van der Waals surface area contributed by atoms with Crippen molar-refractivity contribution in [2.45, 2.75) is 78.6 Å². The van der Waals surface area contributed by atoms with Crippen LogP contribution in [-0.2, 0) is 0 Å². The number of hydrogen-bond donors (Lipinski definition) is 0. The van der Waals surface area contributed by atoms with Crippen LogP contribution in [0.4, 0.5) is 45.5 Å². The summed E-state index contributed by atoms with van der Waals surface area (Å²) in [5.74, 6) is 0. The Morgan fingerprint density at radius 2 is 0.518 bits per heavy atom. The van der Waals surface area contributed by atoms with E-state index in [-0.39, 0.29) is 13.4 Å². The van der Waals surface area contributed by atoms with Gasteiger partial charge in [0.05, 0.1) is 55.0 Å². The van der Waals surface area contributed by atoms with E-state index in [1.165, 1.54) is 99.0 Å². The average Bonchev–Trinajstić information content (AvgIpc) is 3.11. The Bertz CT molecular complexity index is 2180. The molecule has 0 aromatic heterocycles. The molecule has 0 bridgehead atoms. The molecule has 0 aliphatic carbocycles. The van der Waals surface area contributed by atoms with E-state index in [0.717, 1.165) is 0 Å². The van der Waals surface area contributed by atoms with Gasteiger partial charge >= 0.3 is 0 Å². The molecule has 0 radical (unpaired) electrons. The fourth-order valence-corrected chi connectivity index (χ4v) is 14.9. The van der Waals surface area contributed by atoms with Gasteiger partial charge in [0.15, 0.2) is 0 Å². The summed E-state index contributed by atoms with van der Waals surface area (Å²) in [6.45, 7) is 30.1. The molecule has 4 aliphatic rings. The van der Waals surface area contributed by atoms with E-state index in [0.29, 0.717) is 0 Å². The lowest BCUT2D eigenvalue weighted by molar-refractivity contribution is 1.12. The summed E-state index contributed by atoms with van der Waals surface area (Å²) in [6, 6.07) is 30.2. The van der Waals surface area contributed by atoms with Gasteiger partial charge in [0.2, 0.25) is 0 Å². The Balaban J connectivity index is 1.45. The SMILES string of the molecule is CN1c2cc([Si](C)(C)C)ccc2B2c3ccc([Si](C)(C)C)cc3N(C)c3c2c1c1c2c3N(C)c3cc([Si](C)(C)C)ccc3B2c2ccc([Si](C)(C)C)cc2N1C. The minimum atomic E-state index is -1.59. The number of rotatable bonds is 4. The summed E-state index contributed by atoms with van der Waals surface area (Å²) < 4.78 is 0. The molecule has 56 heavy (non-hydrogen) atoms. The molecule has 5 aromatic rings. The van der Waals surface area contributed by atoms with Crippen molar-refractivity contribution in [2.24, 2.45) is 0 Å². The fourth-order valence-electron chi connectivity index (χ4n) is 10.3. The van der Waals surface area contributed by atoms with Gasteiger partial charge in [-0.05, 0) is 57.0 Å². The lowest BCUT2D eigenvalue weighted by atomic mass is 9.30. The van der Waals surface area contributed by atoms with E-state index in [2.05, 4.69) is 199 Å². The third-order valence-electron chi connectivity index (χ3n) is 13.7. The first-order chi connectivity index (χ1) is 26.0. The Morgan fingerprint density at radius 3 is 0.696 bits per heavy atom. The van der Waals surface area contributed by atoms with Gasteiger partial charge in [0.25, 0.3) is 13.4 Å². The number of nitrogens with zero attached hydrogens (tertiary/aromatic N) is 4. The molecule has 5 aromatic carbocycles. The predicted octanol–water partition coefficient (Wildman–Crippen LogP) is 5.23. The second-order valence-corrected chi connectivity index (χ2v) is 41.7. The molecule has 0 amide bonds. The molecule has 0 N–H and O–H groups in total. The van der Waals surface area contributed by atoms with Crippen LogP contribution in [0.2, 0.25) is 78.6 Å². The van der Waals surface area contributed by atoms with E-state index < -0.39 is 32.3 Å². The van der Waals surface area contributed by atoms with Crippen molar-refractivity contribution < 1.29 is 0 Å². The van der Waals surface area contributed by atoms with Gasteiger partial charge < -0.3 is 19.6 Å². The average molecular weight is 803 g/mol. The van der Waals surface area contributed by atoms with Crippen molar-refractivity contribution in [3.63, 3.8) is 0 Å². The molecule has 0 saturated carbocycles. The molecule has 0 unspecified atom stereocenters. The summed E-state index contributed by atoms with van der Waals surface area (Å²) in [7, 11) is 3.09. The minimum absolute atomic E-state index is 0.134. The fraction of sp³-hybridized carbons (Fsp3) is 0.348. The number of benzene rings is 5. The minimum Gasteiger partial charge on any atom is -0.344 e. The maximum absolute atomic E-state index is 2.60. The van der Waals surface area contributed by atoms with Gasteiger partial charge in [-0.15, -0.1) is 0 Å². The van der Waals surface area contributed by atoms with Crippen molar-refractivity contribution in [3.05, 3.63) is 72.8 Å². The zero-order valence-electron chi connectivity index (χ0n) is 36.9. The highest BCUT2D eigenvalue weighted by Gasteiger charge is 2.51. The summed E-state index contributed by atoms with van der Waals surface area (Å²) in [5.41, 5.74) is 19.6. The first-order valence-electron chi connectivity index (χ1n) is 20.8. The molecule has 4 heterocycles. The van der Waals surface area contributed by atoms with Gasteiger partial charge in [-0.3, -0.25) is 0 Å². The molecule has 0 spiro atoms. The molecule has 0 saturated heterocycles. The predicted molar refractivity (Wildman–Crippen MR) is 266 cm³/mol. The highest BCUT2D eigenvalue weighted by atomic mass is 28.3. The van der Waals surface area contributed by atoms with Crippen molar-refractivity contribution in [3.8, 4) is 0 Å². The van der Waals surface area contributed by atoms with Gasteiger partial charge in [0.1, 0.15) is 0 Å². The van der Waals surface area contributed by atoms with E-state index in [1.807, 2.05) is 0 Å². The van der Waals surface area contributed by atoms with Gasteiger partial charge in [-0.2, -0.15) is 0 Å². The van der Waals surface area contributed by atoms with Crippen LogP contribution in [0.15, 0.2) is 72.8 Å². The first-order valence-corrected chi connectivity index (χ1v) is 34.8. The van der Waals surface area contributed by atoms with Gasteiger partial charge in [-0.1, -0.05) is 148 Å². The van der Waals surface area contributed by atoms with Crippen molar-refractivity contribution >= 4 is 145 Å². The van der Waals surface area contributed by atoms with Gasteiger partial charge in [-0.25, -0.2) is 0 Å². The largest absolute Gasteiger partial charge is 0.344 e. The molecule has 9 rings (SSSR count). The highest BCUT2D eigenvalue weighted by molar-refractivity contribution is 7.04. The van der Waals surface area contributed by atoms with Crippen LogP contribution >= 0.6 is 0 Å². The second kappa shape index (κ2) is 11.9. The monoisotopic (exact) mass is 802 g/mol. The number of hydrogen-bond acceptors (Lipinski definition) is 4. The zero-order chi connectivity index (χ0) is 40.3. The van der Waals surface area contributed by atoms with Crippen molar-refractivity contribution in [1.82, 2.24) is 0 Å². The Hall–Kier alpha value is -3.70. The standard InChI is InChI=1S/C46H60B2N4Si4/c1-49-37-25-29(53(5,6)7)17-21-33(37)47-34-22-18-31(55(11,12)13)27-39(34)51(3)45-41(47)43(49)44-42-46(45)52(4)40-28-32(56(14,15)16)20-24-36(40)48(42)35-23-19-30(54(8,9)10)26-38(35)50(44)2/h17-28H,1-16H3. The Labute approximate surface area is 342 Å². The Morgan fingerprint density at radius 1 is 0.321 bits per heavy atom. The summed E-state index contributed by atoms with van der Waals surface area (Å²) in [4.78, 5) is 10.4. The smallest absolute Gasteiger partial charge is 0.252 e. The van der Waals surface area contributed by atoms with E-state index in [9.17, 15) is 0 Å². The van der Waals surface area contributed by atoms with E-state index in [1.54, 1.807) is 0 Å². The summed E-state index contributed by atoms with van der Waals surface area (Å²) in [5, 5.41) is 6.07. The normalized spacial score (nSPS) is 15.6. The number of anilines is 8. The maximum Gasteiger partial charge on any atom is 0.252 e. The molecule has 0 fully saturated rings. The van der Waals surface area contributed by atoms with Crippen LogP contribution in [0, 0.1) is 0 Å². The van der Waals surface area contributed by atoms with Crippen molar-refractivity contribution in [2.75, 3.05) is 47.8 Å². The molecule has 10 heteroatoms. The van der Waals surface area contributed by atoms with E-state index >= 15 is 0 Å². The van der Waals surface area contributed by atoms with Crippen molar-refractivity contribution in [1.29, 1.82) is 0 Å². The zero-order valence-corrected chi connectivity index (χ0v) is 40.9. The topological polar surface area (TPSA) is 13.0 Å². The maximum atomic E-state index is 2.60. The molecule has 4 aliphatic heterocycles. The third-order valence-corrected chi connectivity index (χ3v) is 21.8. The molecule has 0 atom stereocenters. The Kier molecular flexibility index (Phi) is 8.06. The van der Waals surface area contributed by atoms with Crippen LogP contribution in [0.3, 0.4) is 0 Å². The lowest BCUT2D eigenvalue weighted by Crippen LogP contribution is -2.67. The van der Waals surface area contributed by atoms with Gasteiger partial charge in [0, 0.05) is 50.9 Å². The lowest BCUT2D eigenvalue weighted by Gasteiger charge is -2.51. The summed E-state index contributed by atoms with van der Waals surface area (Å²) >= 11 is 0. The highest BCUT2D eigenvalue weighted by Crippen LogP contribution is 2.49. The van der Waals surface area contributed by atoms with Crippen LogP contribution in [0.5, 0.6) is 0 Å². The van der Waals surface area contributed by atoms with Crippen LogP contribution < -0.4 is 73.1 Å². The third kappa shape index (κ3) is 5.27. The molecular weight excluding hydrogens is 743 g/mol.